The number of aliphatic hydroxyl groups excluding tert-OH is 2. The molecule has 1 aromatic carbocycles. The first kappa shape index (κ1) is 16.4. The minimum absolute atomic E-state index is 0.421. The van der Waals surface area contributed by atoms with Gasteiger partial charge < -0.3 is 14.9 Å². The van der Waals surface area contributed by atoms with Gasteiger partial charge >= 0.3 is 6.18 Å². The Morgan fingerprint density at radius 3 is 2.21 bits per heavy atom. The predicted molar refractivity (Wildman–Crippen MR) is 66.9 cm³/mol. The van der Waals surface area contributed by atoms with Gasteiger partial charge in [-0.1, -0.05) is 28.1 Å². The average molecular weight is 343 g/mol. The van der Waals surface area contributed by atoms with Crippen LogP contribution in [0, 0.1) is 0 Å². The number of hydrogen-bond acceptors (Lipinski definition) is 3. The molecule has 0 aromatic heterocycles. The van der Waals surface area contributed by atoms with Gasteiger partial charge in [-0.2, -0.15) is 13.2 Å². The lowest BCUT2D eigenvalue weighted by Crippen LogP contribution is -2.40. The Balaban J connectivity index is 2.85. The maximum Gasteiger partial charge on any atom is 0.411 e. The lowest BCUT2D eigenvalue weighted by Gasteiger charge is -2.30. The highest BCUT2D eigenvalue weighted by atomic mass is 79.9. The Morgan fingerprint density at radius 2 is 1.74 bits per heavy atom. The van der Waals surface area contributed by atoms with Gasteiger partial charge in [0.2, 0.25) is 0 Å². The highest BCUT2D eigenvalue weighted by molar-refractivity contribution is 9.10. The zero-order valence-corrected chi connectivity index (χ0v) is 11.5. The first-order chi connectivity index (χ1) is 8.83. The minimum atomic E-state index is -4.44. The molecule has 108 valence electrons. The van der Waals surface area contributed by atoms with Crippen molar-refractivity contribution in [3.05, 3.63) is 34.3 Å². The second-order valence-electron chi connectivity index (χ2n) is 4.21. The molecule has 0 bridgehead atoms. The Morgan fingerprint density at radius 1 is 1.11 bits per heavy atom. The van der Waals surface area contributed by atoms with E-state index in [0.29, 0.717) is 10.0 Å². The molecule has 0 saturated heterocycles. The summed E-state index contributed by atoms with van der Waals surface area (Å²) in [5, 5.41) is 18.8. The number of ether oxygens (including phenoxy) is 1. The van der Waals surface area contributed by atoms with E-state index in [2.05, 4.69) is 20.7 Å². The van der Waals surface area contributed by atoms with Gasteiger partial charge in [-0.3, -0.25) is 0 Å². The van der Waals surface area contributed by atoms with Crippen molar-refractivity contribution in [1.29, 1.82) is 0 Å². The third-order valence-corrected chi connectivity index (χ3v) is 3.18. The molecule has 2 N–H and O–H groups in total. The van der Waals surface area contributed by atoms with Gasteiger partial charge in [0.1, 0.15) is 6.61 Å². The minimum Gasteiger partial charge on any atom is -0.395 e. The van der Waals surface area contributed by atoms with Gasteiger partial charge in [-0.05, 0) is 17.7 Å². The highest BCUT2D eigenvalue weighted by Gasteiger charge is 2.34. The number of halogens is 4. The number of benzene rings is 1. The van der Waals surface area contributed by atoms with Crippen molar-refractivity contribution in [3.63, 3.8) is 0 Å². The molecule has 1 rings (SSSR count). The van der Waals surface area contributed by atoms with Crippen LogP contribution in [-0.2, 0) is 10.2 Å². The van der Waals surface area contributed by atoms with E-state index >= 15 is 0 Å². The second-order valence-corrected chi connectivity index (χ2v) is 5.13. The van der Waals surface area contributed by atoms with Gasteiger partial charge in [0.15, 0.2) is 0 Å². The zero-order chi connectivity index (χ0) is 14.5. The summed E-state index contributed by atoms with van der Waals surface area (Å²) < 4.78 is 41.4. The second kappa shape index (κ2) is 6.69. The summed E-state index contributed by atoms with van der Waals surface area (Å²) in [6, 6.07) is 6.65. The van der Waals surface area contributed by atoms with E-state index in [4.69, 9.17) is 0 Å². The first-order valence-electron chi connectivity index (χ1n) is 5.45. The largest absolute Gasteiger partial charge is 0.411 e. The van der Waals surface area contributed by atoms with Crippen LogP contribution in [-0.4, -0.2) is 42.8 Å². The maximum atomic E-state index is 12.0. The molecule has 0 fully saturated rings. The molecule has 0 aliphatic rings. The van der Waals surface area contributed by atoms with Crippen molar-refractivity contribution in [3.8, 4) is 0 Å². The first-order valence-corrected chi connectivity index (χ1v) is 6.24. The van der Waals surface area contributed by atoms with Crippen LogP contribution >= 0.6 is 15.9 Å². The van der Waals surface area contributed by atoms with Crippen molar-refractivity contribution in [2.45, 2.75) is 11.6 Å². The summed E-state index contributed by atoms with van der Waals surface area (Å²) in [5.74, 6) is 0. The smallest absolute Gasteiger partial charge is 0.395 e. The van der Waals surface area contributed by atoms with Crippen molar-refractivity contribution >= 4 is 15.9 Å². The van der Waals surface area contributed by atoms with Gasteiger partial charge in [0, 0.05) is 4.47 Å². The van der Waals surface area contributed by atoms with Crippen LogP contribution in [0.5, 0.6) is 0 Å². The van der Waals surface area contributed by atoms with Gasteiger partial charge in [-0.25, -0.2) is 0 Å². The lowest BCUT2D eigenvalue weighted by molar-refractivity contribution is -0.180. The SMILES string of the molecule is OCC(CO)(COCC(F)(F)F)c1cccc(Br)c1. The molecule has 0 radical (unpaired) electrons. The zero-order valence-electron chi connectivity index (χ0n) is 9.95. The van der Waals surface area contributed by atoms with Crippen LogP contribution in [0.4, 0.5) is 13.2 Å². The van der Waals surface area contributed by atoms with Gasteiger partial charge in [-0.15, -0.1) is 0 Å². The highest BCUT2D eigenvalue weighted by Crippen LogP contribution is 2.27. The number of rotatable bonds is 6. The molecule has 0 atom stereocenters. The molecule has 0 spiro atoms. The van der Waals surface area contributed by atoms with Crippen LogP contribution in [0.15, 0.2) is 28.7 Å². The summed E-state index contributed by atoms with van der Waals surface area (Å²) in [4.78, 5) is 0. The van der Waals surface area contributed by atoms with Crippen molar-refractivity contribution in [1.82, 2.24) is 0 Å². The number of aliphatic hydroxyl groups is 2. The molecule has 0 saturated carbocycles. The molecule has 19 heavy (non-hydrogen) atoms. The van der Waals surface area contributed by atoms with Gasteiger partial charge in [0.05, 0.1) is 25.2 Å². The number of hydrogen-bond donors (Lipinski definition) is 2. The fourth-order valence-electron chi connectivity index (χ4n) is 1.59. The fraction of sp³-hybridized carbons (Fsp3) is 0.500. The molecule has 0 heterocycles. The topological polar surface area (TPSA) is 49.7 Å². The monoisotopic (exact) mass is 342 g/mol. The molecular formula is C12H14BrF3O3. The van der Waals surface area contributed by atoms with Crippen molar-refractivity contribution in [2.75, 3.05) is 26.4 Å². The summed E-state index contributed by atoms with van der Waals surface area (Å²) >= 11 is 3.23. The summed E-state index contributed by atoms with van der Waals surface area (Å²) in [7, 11) is 0. The molecular weight excluding hydrogens is 329 g/mol. The van der Waals surface area contributed by atoms with Crippen LogP contribution in [0.2, 0.25) is 0 Å². The lowest BCUT2D eigenvalue weighted by atomic mass is 9.83. The molecule has 0 aliphatic carbocycles. The van der Waals surface area contributed by atoms with E-state index in [1.54, 1.807) is 24.3 Å². The summed E-state index contributed by atoms with van der Waals surface area (Å²) in [6.07, 6.45) is -4.44. The summed E-state index contributed by atoms with van der Waals surface area (Å²) in [6.45, 7) is -2.87. The van der Waals surface area contributed by atoms with Crippen LogP contribution in [0.3, 0.4) is 0 Å². The van der Waals surface area contributed by atoms with Crippen molar-refractivity contribution in [2.24, 2.45) is 0 Å². The van der Waals surface area contributed by atoms with E-state index in [9.17, 15) is 23.4 Å². The van der Waals surface area contributed by atoms with Crippen LogP contribution in [0.1, 0.15) is 5.56 Å². The molecule has 0 aliphatic heterocycles. The third kappa shape index (κ3) is 4.76. The average Bonchev–Trinajstić information content (AvgIpc) is 2.34. The van der Waals surface area contributed by atoms with E-state index < -0.39 is 38.0 Å². The van der Waals surface area contributed by atoms with E-state index in [0.717, 1.165) is 0 Å². The fourth-order valence-corrected chi connectivity index (χ4v) is 1.99. The Bertz CT molecular complexity index is 405. The molecule has 0 amide bonds. The predicted octanol–water partition coefficient (Wildman–Crippen LogP) is 2.25. The Labute approximate surface area is 117 Å². The van der Waals surface area contributed by atoms with E-state index in [-0.39, 0.29) is 0 Å². The van der Waals surface area contributed by atoms with Gasteiger partial charge in [0.25, 0.3) is 0 Å². The molecule has 0 unspecified atom stereocenters. The standard InChI is InChI=1S/C12H14BrF3O3/c13-10-3-1-2-9(4-10)11(5-17,6-18)7-19-8-12(14,15)16/h1-4,17-18H,5-8H2. The maximum absolute atomic E-state index is 12.0. The van der Waals surface area contributed by atoms with Crippen LogP contribution in [0.25, 0.3) is 0 Å². The van der Waals surface area contributed by atoms with Crippen LogP contribution < -0.4 is 0 Å². The van der Waals surface area contributed by atoms with Crippen molar-refractivity contribution < 1.29 is 28.1 Å². The van der Waals surface area contributed by atoms with E-state index in [1.165, 1.54) is 0 Å². The van der Waals surface area contributed by atoms with E-state index in [1.807, 2.05) is 0 Å². The quantitative estimate of drug-likeness (QED) is 0.833. The molecule has 1 aromatic rings. The normalized spacial score (nSPS) is 12.7. The molecule has 3 nitrogen and oxygen atoms in total. The third-order valence-electron chi connectivity index (χ3n) is 2.69. The summed E-state index contributed by atoms with van der Waals surface area (Å²) in [5.41, 5.74) is -0.747. The molecule has 7 heteroatoms. The Kier molecular flexibility index (Phi) is 5.79. The number of alkyl halides is 3. The Hall–Kier alpha value is -0.630.